The molecule has 0 aliphatic rings. The summed E-state index contributed by atoms with van der Waals surface area (Å²) in [6, 6.07) is 20.1. The zero-order valence-corrected chi connectivity index (χ0v) is 19.3. The van der Waals surface area contributed by atoms with Crippen molar-refractivity contribution in [1.82, 2.24) is 23.6 Å². The molecule has 2 aromatic carbocycles. The highest BCUT2D eigenvalue weighted by atomic mass is 16.3. The largest absolute Gasteiger partial charge is 0.394 e. The fourth-order valence-electron chi connectivity index (χ4n) is 4.13. The number of benzene rings is 2. The Balaban J connectivity index is 1.80. The predicted octanol–water partition coefficient (Wildman–Crippen LogP) is 0.989. The van der Waals surface area contributed by atoms with E-state index in [4.69, 9.17) is 0 Å². The average molecular weight is 464 g/mol. The first-order valence-electron chi connectivity index (χ1n) is 11.1. The van der Waals surface area contributed by atoms with E-state index >= 15 is 0 Å². The van der Waals surface area contributed by atoms with Gasteiger partial charge in [-0.3, -0.25) is 18.8 Å². The fraction of sp³-hybridized carbons (Fsp3) is 0.320. The average Bonchev–Trinajstić information content (AvgIpc) is 3.20. The Morgan fingerprint density at radius 1 is 0.882 bits per heavy atom. The molecule has 0 aliphatic carbocycles. The third kappa shape index (κ3) is 4.86. The maximum absolute atomic E-state index is 13.0. The van der Waals surface area contributed by atoms with Crippen LogP contribution < -0.4 is 11.2 Å². The van der Waals surface area contributed by atoms with Crippen LogP contribution in [0.15, 0.2) is 70.3 Å². The molecule has 2 heterocycles. The molecule has 0 saturated carbocycles. The number of aromatic nitrogens is 4. The zero-order chi connectivity index (χ0) is 24.2. The van der Waals surface area contributed by atoms with Crippen molar-refractivity contribution in [3.8, 4) is 0 Å². The van der Waals surface area contributed by atoms with Gasteiger partial charge in [0.15, 0.2) is 11.2 Å². The summed E-state index contributed by atoms with van der Waals surface area (Å²) in [6.07, 6.45) is -1.07. The van der Waals surface area contributed by atoms with Crippen molar-refractivity contribution < 1.29 is 10.2 Å². The van der Waals surface area contributed by atoms with Crippen molar-refractivity contribution in [2.24, 2.45) is 14.1 Å². The third-order valence-electron chi connectivity index (χ3n) is 5.89. The number of aryl methyl sites for hydroxylation is 1. The lowest BCUT2D eigenvalue weighted by Gasteiger charge is -2.23. The van der Waals surface area contributed by atoms with Gasteiger partial charge < -0.3 is 14.8 Å². The standard InChI is InChI=1S/C25H29N5O4/c1-27-23-22(24(33)28(2)25(27)34)30(15-20(32)17-31)21(26-23)16-29(13-18-9-5-3-6-10-18)14-19-11-7-4-8-12-19/h3-12,20,31-32H,13-17H2,1-2H3. The number of aliphatic hydroxyl groups is 2. The molecule has 0 bridgehead atoms. The van der Waals surface area contributed by atoms with E-state index in [1.54, 1.807) is 11.6 Å². The van der Waals surface area contributed by atoms with Gasteiger partial charge in [-0.15, -0.1) is 0 Å². The summed E-state index contributed by atoms with van der Waals surface area (Å²) in [6.45, 7) is 1.17. The molecule has 2 N–H and O–H groups in total. The molecular weight excluding hydrogens is 434 g/mol. The summed E-state index contributed by atoms with van der Waals surface area (Å²) in [7, 11) is 2.99. The number of fused-ring (bicyclic) bond motifs is 1. The van der Waals surface area contributed by atoms with Crippen LogP contribution in [0, 0.1) is 0 Å². The lowest BCUT2D eigenvalue weighted by Crippen LogP contribution is -2.38. The van der Waals surface area contributed by atoms with Gasteiger partial charge in [0.2, 0.25) is 0 Å². The van der Waals surface area contributed by atoms with E-state index < -0.39 is 24.0 Å². The molecule has 178 valence electrons. The van der Waals surface area contributed by atoms with Crippen molar-refractivity contribution in [3.63, 3.8) is 0 Å². The van der Waals surface area contributed by atoms with Gasteiger partial charge in [-0.05, 0) is 11.1 Å². The molecular formula is C25H29N5O4. The number of rotatable bonds is 9. The van der Waals surface area contributed by atoms with Gasteiger partial charge in [-0.2, -0.15) is 0 Å². The molecule has 34 heavy (non-hydrogen) atoms. The van der Waals surface area contributed by atoms with Crippen LogP contribution in [-0.4, -0.2) is 46.5 Å². The molecule has 2 aromatic heterocycles. The SMILES string of the molecule is Cn1c(=O)c2c(nc(CN(Cc3ccccc3)Cc3ccccc3)n2CC(O)CO)n(C)c1=O. The van der Waals surface area contributed by atoms with Gasteiger partial charge in [0.1, 0.15) is 5.82 Å². The van der Waals surface area contributed by atoms with Gasteiger partial charge in [0.05, 0.1) is 25.8 Å². The lowest BCUT2D eigenvalue weighted by molar-refractivity contribution is 0.0805. The molecule has 1 atom stereocenters. The minimum absolute atomic E-state index is 0.0136. The summed E-state index contributed by atoms with van der Waals surface area (Å²) in [5.41, 5.74) is 1.78. The van der Waals surface area contributed by atoms with Crippen LogP contribution in [0.4, 0.5) is 0 Å². The maximum atomic E-state index is 13.0. The molecule has 9 nitrogen and oxygen atoms in total. The second kappa shape index (κ2) is 10.2. The molecule has 0 aliphatic heterocycles. The monoisotopic (exact) mass is 463 g/mol. The molecule has 9 heteroatoms. The van der Waals surface area contributed by atoms with Gasteiger partial charge in [-0.25, -0.2) is 9.78 Å². The molecule has 0 radical (unpaired) electrons. The van der Waals surface area contributed by atoms with Crippen LogP contribution in [0.2, 0.25) is 0 Å². The van der Waals surface area contributed by atoms with E-state index in [1.165, 1.54) is 11.6 Å². The molecule has 0 amide bonds. The van der Waals surface area contributed by atoms with Gasteiger partial charge in [0.25, 0.3) is 5.56 Å². The van der Waals surface area contributed by atoms with Crippen LogP contribution in [0.5, 0.6) is 0 Å². The predicted molar refractivity (Wildman–Crippen MR) is 129 cm³/mol. The number of aliphatic hydroxyl groups excluding tert-OH is 2. The van der Waals surface area contributed by atoms with Crippen LogP contribution in [-0.2, 0) is 40.3 Å². The van der Waals surface area contributed by atoms with Gasteiger partial charge in [-0.1, -0.05) is 60.7 Å². The quantitative estimate of drug-likeness (QED) is 0.384. The van der Waals surface area contributed by atoms with Crippen molar-refractivity contribution in [1.29, 1.82) is 0 Å². The zero-order valence-electron chi connectivity index (χ0n) is 19.3. The highest BCUT2D eigenvalue weighted by molar-refractivity contribution is 5.71. The summed E-state index contributed by atoms with van der Waals surface area (Å²) in [4.78, 5) is 32.3. The number of hydrogen-bond donors (Lipinski definition) is 2. The van der Waals surface area contributed by atoms with E-state index in [0.717, 1.165) is 15.7 Å². The normalized spacial score (nSPS) is 12.5. The molecule has 0 fully saturated rings. The van der Waals surface area contributed by atoms with Crippen molar-refractivity contribution in [2.45, 2.75) is 32.3 Å². The van der Waals surface area contributed by atoms with Crippen LogP contribution >= 0.6 is 0 Å². The van der Waals surface area contributed by atoms with E-state index in [-0.39, 0.29) is 17.7 Å². The van der Waals surface area contributed by atoms with E-state index in [1.807, 2.05) is 36.4 Å². The van der Waals surface area contributed by atoms with Gasteiger partial charge in [0, 0.05) is 27.2 Å². The van der Waals surface area contributed by atoms with E-state index in [9.17, 15) is 19.8 Å². The molecule has 0 spiro atoms. The Morgan fingerprint density at radius 3 is 1.97 bits per heavy atom. The topological polar surface area (TPSA) is 106 Å². The number of hydrogen-bond acceptors (Lipinski definition) is 6. The minimum Gasteiger partial charge on any atom is -0.394 e. The Labute approximate surface area is 196 Å². The maximum Gasteiger partial charge on any atom is 0.332 e. The first kappa shape index (κ1) is 23.6. The Bertz CT molecular complexity index is 1330. The first-order valence-corrected chi connectivity index (χ1v) is 11.1. The highest BCUT2D eigenvalue weighted by Gasteiger charge is 2.22. The molecule has 1 unspecified atom stereocenters. The minimum atomic E-state index is -1.07. The smallest absolute Gasteiger partial charge is 0.332 e. The number of imidazole rings is 1. The number of nitrogens with zero attached hydrogens (tertiary/aromatic N) is 5. The molecule has 4 rings (SSSR count). The van der Waals surface area contributed by atoms with Crippen molar-refractivity contribution >= 4 is 11.2 Å². The Kier molecular flexibility index (Phi) is 7.06. The molecule has 0 saturated heterocycles. The third-order valence-corrected chi connectivity index (χ3v) is 5.89. The Morgan fingerprint density at radius 2 is 1.44 bits per heavy atom. The summed E-state index contributed by atoms with van der Waals surface area (Å²) in [5.74, 6) is 0.535. The second-order valence-electron chi connectivity index (χ2n) is 8.47. The summed E-state index contributed by atoms with van der Waals surface area (Å²) >= 11 is 0. The summed E-state index contributed by atoms with van der Waals surface area (Å²) in [5, 5.41) is 19.7. The van der Waals surface area contributed by atoms with Crippen molar-refractivity contribution in [3.05, 3.63) is 98.5 Å². The first-order chi connectivity index (χ1) is 16.4. The Hall–Kier alpha value is -3.53. The second-order valence-corrected chi connectivity index (χ2v) is 8.47. The lowest BCUT2D eigenvalue weighted by atomic mass is 10.1. The molecule has 4 aromatic rings. The van der Waals surface area contributed by atoms with Crippen LogP contribution in [0.1, 0.15) is 17.0 Å². The van der Waals surface area contributed by atoms with Crippen LogP contribution in [0.25, 0.3) is 11.2 Å². The van der Waals surface area contributed by atoms with Gasteiger partial charge >= 0.3 is 5.69 Å². The summed E-state index contributed by atoms with van der Waals surface area (Å²) < 4.78 is 3.99. The van der Waals surface area contributed by atoms with E-state index in [2.05, 4.69) is 34.1 Å². The van der Waals surface area contributed by atoms with E-state index in [0.29, 0.717) is 25.5 Å². The fourth-order valence-corrected chi connectivity index (χ4v) is 4.13. The van der Waals surface area contributed by atoms with Crippen molar-refractivity contribution in [2.75, 3.05) is 6.61 Å². The highest BCUT2D eigenvalue weighted by Crippen LogP contribution is 2.18. The van der Waals surface area contributed by atoms with Crippen LogP contribution in [0.3, 0.4) is 0 Å².